The van der Waals surface area contributed by atoms with E-state index >= 15 is 0 Å². The Bertz CT molecular complexity index is 653. The second-order valence-electron chi connectivity index (χ2n) is 5.19. The molecule has 1 heterocycles. The van der Waals surface area contributed by atoms with Crippen LogP contribution in [0.2, 0.25) is 0 Å². The van der Waals surface area contributed by atoms with Gasteiger partial charge in [-0.05, 0) is 18.1 Å². The summed E-state index contributed by atoms with van der Waals surface area (Å²) in [5.41, 5.74) is 1.44. The van der Waals surface area contributed by atoms with E-state index < -0.39 is 12.0 Å². The van der Waals surface area contributed by atoms with E-state index in [1.165, 1.54) is 18.9 Å². The van der Waals surface area contributed by atoms with Crippen LogP contribution in [0.3, 0.4) is 0 Å². The van der Waals surface area contributed by atoms with Crippen LogP contribution in [0.4, 0.5) is 0 Å². The van der Waals surface area contributed by atoms with Gasteiger partial charge < -0.3 is 14.5 Å². The van der Waals surface area contributed by atoms with Gasteiger partial charge in [-0.1, -0.05) is 44.2 Å². The lowest BCUT2D eigenvalue weighted by atomic mass is 9.99. The zero-order valence-corrected chi connectivity index (χ0v) is 14.2. The van der Waals surface area contributed by atoms with Gasteiger partial charge in [-0.15, -0.1) is 0 Å². The Kier molecular flexibility index (Phi) is 6.04. The fraction of sp³-hybridized carbons (Fsp3) is 0.438. The fourth-order valence-corrected chi connectivity index (χ4v) is 2.70. The first-order valence-electron chi connectivity index (χ1n) is 7.40. The van der Waals surface area contributed by atoms with Crippen LogP contribution in [0.5, 0.6) is 0 Å². The average molecular weight is 336 g/mol. The summed E-state index contributed by atoms with van der Waals surface area (Å²) in [7, 11) is 1.32. The first-order valence-corrected chi connectivity index (χ1v) is 8.39. The number of amides is 1. The lowest BCUT2D eigenvalue weighted by Crippen LogP contribution is -2.46. The largest absolute Gasteiger partial charge is 0.467 e. The van der Waals surface area contributed by atoms with Crippen molar-refractivity contribution in [1.29, 1.82) is 0 Å². The number of thioether (sulfide) groups is 1. The number of carbonyl (C=O) groups is 2. The summed E-state index contributed by atoms with van der Waals surface area (Å²) in [6, 6.07) is 6.77. The highest BCUT2D eigenvalue weighted by molar-refractivity contribution is 7.99. The quantitative estimate of drug-likeness (QED) is 0.618. The first kappa shape index (κ1) is 17.3. The molecule has 7 heteroatoms. The molecule has 0 saturated carbocycles. The second kappa shape index (κ2) is 8.01. The highest BCUT2D eigenvalue weighted by atomic mass is 32.2. The molecule has 23 heavy (non-hydrogen) atoms. The number of aromatic nitrogens is 1. The summed E-state index contributed by atoms with van der Waals surface area (Å²) in [5, 5.41) is 3.15. The molecule has 0 spiro atoms. The van der Waals surface area contributed by atoms with Gasteiger partial charge >= 0.3 is 5.97 Å². The van der Waals surface area contributed by atoms with Crippen LogP contribution in [0, 0.1) is 5.92 Å². The SMILES string of the molecule is CC[C@@H](C)[C@@H](NC(=O)CSc1nc2ccccc2o1)C(=O)OC. The van der Waals surface area contributed by atoms with E-state index in [1.807, 2.05) is 38.1 Å². The predicted molar refractivity (Wildman–Crippen MR) is 88.1 cm³/mol. The number of esters is 1. The number of nitrogens with zero attached hydrogens (tertiary/aromatic N) is 1. The standard InChI is InChI=1S/C16H20N2O4S/c1-4-10(2)14(15(20)21-3)18-13(19)9-23-16-17-11-7-5-6-8-12(11)22-16/h5-8,10,14H,4,9H2,1-3H3,(H,18,19)/t10-,14-/m1/s1. The minimum Gasteiger partial charge on any atom is -0.467 e. The third kappa shape index (κ3) is 4.48. The van der Waals surface area contributed by atoms with Gasteiger partial charge in [-0.3, -0.25) is 4.79 Å². The smallest absolute Gasteiger partial charge is 0.328 e. The summed E-state index contributed by atoms with van der Waals surface area (Å²) in [5.74, 6) is -0.565. The molecule has 6 nitrogen and oxygen atoms in total. The number of methoxy groups -OCH3 is 1. The summed E-state index contributed by atoms with van der Waals surface area (Å²) >= 11 is 1.19. The van der Waals surface area contributed by atoms with Crippen molar-refractivity contribution in [2.24, 2.45) is 5.92 Å². The number of para-hydroxylation sites is 2. The third-order valence-corrected chi connectivity index (χ3v) is 4.41. The molecule has 0 fully saturated rings. The van der Waals surface area contributed by atoms with Crippen molar-refractivity contribution in [2.75, 3.05) is 12.9 Å². The van der Waals surface area contributed by atoms with E-state index in [0.29, 0.717) is 10.8 Å². The zero-order valence-electron chi connectivity index (χ0n) is 13.4. The van der Waals surface area contributed by atoms with Crippen LogP contribution >= 0.6 is 11.8 Å². The third-order valence-electron chi connectivity index (χ3n) is 3.59. The highest BCUT2D eigenvalue weighted by Gasteiger charge is 2.26. The van der Waals surface area contributed by atoms with Crippen molar-refractivity contribution in [3.63, 3.8) is 0 Å². The van der Waals surface area contributed by atoms with Gasteiger partial charge in [-0.25, -0.2) is 9.78 Å². The molecule has 0 unspecified atom stereocenters. The van der Waals surface area contributed by atoms with Crippen molar-refractivity contribution in [3.8, 4) is 0 Å². The van der Waals surface area contributed by atoms with Crippen LogP contribution < -0.4 is 5.32 Å². The van der Waals surface area contributed by atoms with Crippen molar-refractivity contribution < 1.29 is 18.7 Å². The van der Waals surface area contributed by atoms with Crippen LogP contribution in [0.15, 0.2) is 33.9 Å². The molecule has 0 saturated heterocycles. The maximum atomic E-state index is 12.1. The second-order valence-corrected chi connectivity index (χ2v) is 6.12. The Balaban J connectivity index is 1.94. The van der Waals surface area contributed by atoms with Gasteiger partial charge in [0.15, 0.2) is 5.58 Å². The van der Waals surface area contributed by atoms with E-state index in [4.69, 9.17) is 9.15 Å². The van der Waals surface area contributed by atoms with Gasteiger partial charge in [0.1, 0.15) is 11.6 Å². The zero-order chi connectivity index (χ0) is 16.8. The lowest BCUT2D eigenvalue weighted by Gasteiger charge is -2.21. The Morgan fingerprint density at radius 3 is 2.78 bits per heavy atom. The predicted octanol–water partition coefficient (Wildman–Crippen LogP) is 2.62. The Labute approximate surface area is 139 Å². The molecule has 2 aromatic rings. The van der Waals surface area contributed by atoms with E-state index in [1.54, 1.807) is 0 Å². The van der Waals surface area contributed by atoms with E-state index in [-0.39, 0.29) is 17.6 Å². The molecule has 0 radical (unpaired) electrons. The van der Waals surface area contributed by atoms with Gasteiger partial charge in [0.05, 0.1) is 12.9 Å². The van der Waals surface area contributed by atoms with Gasteiger partial charge in [0.2, 0.25) is 5.91 Å². The maximum Gasteiger partial charge on any atom is 0.328 e. The summed E-state index contributed by atoms with van der Waals surface area (Å²) in [4.78, 5) is 28.1. The van der Waals surface area contributed by atoms with Gasteiger partial charge in [0.25, 0.3) is 5.22 Å². The monoisotopic (exact) mass is 336 g/mol. The first-order chi connectivity index (χ1) is 11.0. The minimum atomic E-state index is -0.637. The topological polar surface area (TPSA) is 81.4 Å². The van der Waals surface area contributed by atoms with Crippen LogP contribution in [0.25, 0.3) is 11.1 Å². The molecule has 2 rings (SSSR count). The van der Waals surface area contributed by atoms with Crippen LogP contribution in [0.1, 0.15) is 20.3 Å². The normalized spacial score (nSPS) is 13.5. The molecular formula is C16H20N2O4S. The summed E-state index contributed by atoms with van der Waals surface area (Å²) in [6.45, 7) is 3.86. The van der Waals surface area contributed by atoms with Crippen LogP contribution in [-0.2, 0) is 14.3 Å². The number of hydrogen-bond donors (Lipinski definition) is 1. The number of fused-ring (bicyclic) bond motifs is 1. The summed E-state index contributed by atoms with van der Waals surface area (Å²) < 4.78 is 10.3. The van der Waals surface area contributed by atoms with Crippen molar-refractivity contribution in [3.05, 3.63) is 24.3 Å². The molecule has 1 aromatic heterocycles. The van der Waals surface area contributed by atoms with E-state index in [9.17, 15) is 9.59 Å². The number of oxazole rings is 1. The van der Waals surface area contributed by atoms with Gasteiger partial charge in [-0.2, -0.15) is 0 Å². The van der Waals surface area contributed by atoms with Gasteiger partial charge in [0, 0.05) is 0 Å². The Morgan fingerprint density at radius 2 is 2.13 bits per heavy atom. The molecule has 0 bridgehead atoms. The number of rotatable bonds is 7. The number of carbonyl (C=O) groups excluding carboxylic acids is 2. The molecule has 0 aliphatic carbocycles. The minimum absolute atomic E-state index is 0.000672. The molecular weight excluding hydrogens is 316 g/mol. The molecule has 2 atom stereocenters. The molecule has 124 valence electrons. The number of nitrogens with one attached hydrogen (secondary N) is 1. The van der Waals surface area contributed by atoms with Crippen LogP contribution in [-0.4, -0.2) is 35.8 Å². The van der Waals surface area contributed by atoms with E-state index in [2.05, 4.69) is 10.3 Å². The maximum absolute atomic E-state index is 12.1. The molecule has 1 N–H and O–H groups in total. The lowest BCUT2D eigenvalue weighted by molar-refractivity contribution is -0.146. The van der Waals surface area contributed by atoms with E-state index in [0.717, 1.165) is 11.9 Å². The molecule has 0 aliphatic heterocycles. The number of benzene rings is 1. The molecule has 0 aliphatic rings. The summed E-state index contributed by atoms with van der Waals surface area (Å²) in [6.07, 6.45) is 0.762. The number of hydrogen-bond acceptors (Lipinski definition) is 6. The highest BCUT2D eigenvalue weighted by Crippen LogP contribution is 2.23. The Morgan fingerprint density at radius 1 is 1.39 bits per heavy atom. The Hall–Kier alpha value is -2.02. The average Bonchev–Trinajstić information content (AvgIpc) is 2.99. The number of ether oxygens (including phenoxy) is 1. The fourth-order valence-electron chi connectivity index (χ4n) is 2.05. The van der Waals surface area contributed by atoms with Crippen molar-refractivity contribution in [2.45, 2.75) is 31.5 Å². The van der Waals surface area contributed by atoms with Crippen molar-refractivity contribution in [1.82, 2.24) is 10.3 Å². The molecule has 1 aromatic carbocycles. The van der Waals surface area contributed by atoms with Crippen molar-refractivity contribution >= 4 is 34.7 Å². The molecule has 1 amide bonds.